The lowest BCUT2D eigenvalue weighted by Gasteiger charge is -2.43. The van der Waals surface area contributed by atoms with Crippen LogP contribution < -0.4 is 15.8 Å². The van der Waals surface area contributed by atoms with E-state index >= 15 is 0 Å². The maximum Gasteiger partial charge on any atom is 0.416 e. The molecular formula is C32H37ClF3N7O5. The Labute approximate surface area is 279 Å². The van der Waals surface area contributed by atoms with Gasteiger partial charge in [0.1, 0.15) is 17.8 Å². The summed E-state index contributed by atoms with van der Waals surface area (Å²) in [5.41, 5.74) is -0.248. The third-order valence-corrected chi connectivity index (χ3v) is 8.99. The molecule has 1 aromatic carbocycles. The molecule has 48 heavy (non-hydrogen) atoms. The molecule has 2 bridgehead atoms. The molecule has 2 saturated heterocycles. The van der Waals surface area contributed by atoms with E-state index in [2.05, 4.69) is 15.3 Å². The number of hydrogen-bond acceptors (Lipinski definition) is 8. The third kappa shape index (κ3) is 6.62. The molecule has 2 atom stereocenters. The molecule has 16 heteroatoms. The molecule has 2 aromatic heterocycles. The number of amides is 2. The monoisotopic (exact) mass is 691 g/mol. The Kier molecular flexibility index (Phi) is 8.96. The maximum absolute atomic E-state index is 14.4. The molecule has 1 N–H and O–H groups in total. The summed E-state index contributed by atoms with van der Waals surface area (Å²) in [7, 11) is 0. The van der Waals surface area contributed by atoms with Crippen molar-refractivity contribution in [3.63, 3.8) is 0 Å². The van der Waals surface area contributed by atoms with Gasteiger partial charge in [0.15, 0.2) is 5.82 Å². The molecule has 3 aliphatic rings. The first kappa shape index (κ1) is 33.8. The van der Waals surface area contributed by atoms with Gasteiger partial charge in [0.2, 0.25) is 11.7 Å². The van der Waals surface area contributed by atoms with E-state index in [4.69, 9.17) is 26.1 Å². The molecule has 6 rings (SSSR count). The van der Waals surface area contributed by atoms with E-state index < -0.39 is 34.9 Å². The minimum absolute atomic E-state index is 0.0100. The molecule has 2 fully saturated rings. The lowest BCUT2D eigenvalue weighted by Crippen LogP contribution is -2.57. The lowest BCUT2D eigenvalue weighted by molar-refractivity contribution is -0.137. The Morgan fingerprint density at radius 3 is 2.44 bits per heavy atom. The van der Waals surface area contributed by atoms with Gasteiger partial charge in [-0.05, 0) is 70.2 Å². The summed E-state index contributed by atoms with van der Waals surface area (Å²) in [6, 6.07) is 2.34. The molecule has 3 aliphatic heterocycles. The van der Waals surface area contributed by atoms with Gasteiger partial charge in [0.25, 0.3) is 5.56 Å². The van der Waals surface area contributed by atoms with Crippen molar-refractivity contribution in [1.82, 2.24) is 24.1 Å². The molecule has 0 saturated carbocycles. The van der Waals surface area contributed by atoms with E-state index in [1.165, 1.54) is 4.52 Å². The SMILES string of the molecule is CCc1c(N2C3CCC2CN(C(=O)OC(C)(C)C)C3)c(=O)n2nc(C3=CCOCC3)nc2n1CC(=O)Nc1ccc(C(F)(F)F)cc1Cl. The number of ether oxygens (including phenoxy) is 2. The van der Waals surface area contributed by atoms with E-state index in [0.29, 0.717) is 56.4 Å². The second kappa shape index (κ2) is 12.7. The van der Waals surface area contributed by atoms with E-state index in [1.54, 1.807) is 9.47 Å². The number of carbonyl (C=O) groups excluding carboxylic acids is 2. The average molecular weight is 692 g/mol. The predicted molar refractivity (Wildman–Crippen MR) is 172 cm³/mol. The highest BCUT2D eigenvalue weighted by Gasteiger charge is 2.45. The molecule has 258 valence electrons. The summed E-state index contributed by atoms with van der Waals surface area (Å²) < 4.78 is 53.5. The number of fused-ring (bicyclic) bond motifs is 3. The minimum atomic E-state index is -4.59. The lowest BCUT2D eigenvalue weighted by atomic mass is 10.1. The highest BCUT2D eigenvalue weighted by molar-refractivity contribution is 6.33. The van der Waals surface area contributed by atoms with Gasteiger partial charge in [0.05, 0.1) is 35.2 Å². The van der Waals surface area contributed by atoms with Crippen LogP contribution in [0.5, 0.6) is 0 Å². The van der Waals surface area contributed by atoms with Crippen LogP contribution in [0.3, 0.4) is 0 Å². The number of halogens is 4. The Balaban J connectivity index is 1.40. The Bertz CT molecular complexity index is 1830. The number of nitrogens with zero attached hydrogens (tertiary/aromatic N) is 6. The van der Waals surface area contributed by atoms with Crippen molar-refractivity contribution < 1.29 is 32.2 Å². The van der Waals surface area contributed by atoms with Gasteiger partial charge >= 0.3 is 12.3 Å². The maximum atomic E-state index is 14.4. The van der Waals surface area contributed by atoms with Crippen LogP contribution in [0.2, 0.25) is 5.02 Å². The fourth-order valence-corrected chi connectivity index (χ4v) is 6.83. The zero-order chi connectivity index (χ0) is 34.5. The van der Waals surface area contributed by atoms with Crippen LogP contribution in [0.25, 0.3) is 11.4 Å². The van der Waals surface area contributed by atoms with Gasteiger partial charge in [-0.25, -0.2) is 4.79 Å². The van der Waals surface area contributed by atoms with Crippen molar-refractivity contribution in [1.29, 1.82) is 0 Å². The average Bonchev–Trinajstić information content (AvgIpc) is 3.57. The number of carbonyl (C=O) groups is 2. The van der Waals surface area contributed by atoms with Crippen LogP contribution >= 0.6 is 11.6 Å². The second-order valence-electron chi connectivity index (χ2n) is 13.2. The molecule has 0 radical (unpaired) electrons. The van der Waals surface area contributed by atoms with Crippen molar-refractivity contribution in [2.24, 2.45) is 0 Å². The smallest absolute Gasteiger partial charge is 0.416 e. The van der Waals surface area contributed by atoms with Gasteiger partial charge in [0, 0.05) is 25.2 Å². The van der Waals surface area contributed by atoms with Crippen molar-refractivity contribution in [3.05, 3.63) is 56.7 Å². The van der Waals surface area contributed by atoms with Gasteiger partial charge < -0.3 is 29.2 Å². The van der Waals surface area contributed by atoms with E-state index in [9.17, 15) is 27.6 Å². The van der Waals surface area contributed by atoms with Crippen LogP contribution in [0.4, 0.5) is 29.3 Å². The number of anilines is 2. The van der Waals surface area contributed by atoms with Gasteiger partial charge in [-0.3, -0.25) is 9.59 Å². The Morgan fingerprint density at radius 2 is 1.85 bits per heavy atom. The molecule has 0 spiro atoms. The van der Waals surface area contributed by atoms with Crippen molar-refractivity contribution >= 4 is 46.3 Å². The molecule has 0 aliphatic carbocycles. The Hall–Kier alpha value is -4.11. The zero-order valence-corrected chi connectivity index (χ0v) is 27.8. The van der Waals surface area contributed by atoms with E-state index in [1.807, 2.05) is 33.8 Å². The number of aromatic nitrogens is 4. The first-order valence-corrected chi connectivity index (χ1v) is 16.2. The number of rotatable bonds is 6. The Morgan fingerprint density at radius 1 is 1.15 bits per heavy atom. The highest BCUT2D eigenvalue weighted by atomic mass is 35.5. The molecule has 2 amide bonds. The highest BCUT2D eigenvalue weighted by Crippen LogP contribution is 2.37. The number of piperazine rings is 1. The fraction of sp³-hybridized carbons (Fsp3) is 0.531. The minimum Gasteiger partial charge on any atom is -0.444 e. The standard InChI is InChI=1S/C32H37ClF3N7O5/c1-5-24-26(42-20-7-8-21(42)16-40(15-20)30(46)48-31(2,3)4)28(45)43-29(38-27(39-43)18-10-12-47-13-11-18)41(24)17-25(44)37-23-9-6-19(14-22(23)33)32(34,35)36/h6,9-10,14,20-21H,5,7-8,11-13,15-17H2,1-4H3,(H,37,44). The van der Waals surface area contributed by atoms with Crippen LogP contribution in [0.15, 0.2) is 29.1 Å². The summed E-state index contributed by atoms with van der Waals surface area (Å²) in [5.74, 6) is -0.0981. The molecular weight excluding hydrogens is 655 g/mol. The van der Waals surface area contributed by atoms with Gasteiger partial charge in [-0.2, -0.15) is 22.7 Å². The quantitative estimate of drug-likeness (QED) is 0.377. The first-order chi connectivity index (χ1) is 22.6. The van der Waals surface area contributed by atoms with Crippen LogP contribution in [-0.4, -0.2) is 80.1 Å². The topological polar surface area (TPSA) is 123 Å². The molecule has 12 nitrogen and oxygen atoms in total. The number of benzene rings is 1. The first-order valence-electron chi connectivity index (χ1n) is 15.9. The molecule has 3 aromatic rings. The fourth-order valence-electron chi connectivity index (χ4n) is 6.61. The normalized spacial score (nSPS) is 19.9. The van der Waals surface area contributed by atoms with Crippen LogP contribution in [-0.2, 0) is 33.4 Å². The molecule has 2 unspecified atom stereocenters. The zero-order valence-electron chi connectivity index (χ0n) is 27.1. The van der Waals surface area contributed by atoms with E-state index in [-0.39, 0.29) is 35.1 Å². The third-order valence-electron chi connectivity index (χ3n) is 8.68. The van der Waals surface area contributed by atoms with Crippen molar-refractivity contribution in [3.8, 4) is 0 Å². The summed E-state index contributed by atoms with van der Waals surface area (Å²) in [6.07, 6.45) is -0.776. The summed E-state index contributed by atoms with van der Waals surface area (Å²) in [5, 5.41) is 6.94. The molecule has 5 heterocycles. The van der Waals surface area contributed by atoms with E-state index in [0.717, 1.165) is 36.6 Å². The van der Waals surface area contributed by atoms with Crippen molar-refractivity contribution in [2.75, 3.05) is 36.5 Å². The summed E-state index contributed by atoms with van der Waals surface area (Å²) in [6.45, 7) is 8.53. The van der Waals surface area contributed by atoms with Gasteiger partial charge in [-0.15, -0.1) is 5.10 Å². The number of alkyl halides is 3. The second-order valence-corrected chi connectivity index (χ2v) is 13.6. The number of likely N-dealkylation sites (tertiary alicyclic amines) is 1. The summed E-state index contributed by atoms with van der Waals surface area (Å²) >= 11 is 6.13. The number of nitrogens with one attached hydrogen (secondary N) is 1. The predicted octanol–water partition coefficient (Wildman–Crippen LogP) is 5.16. The van der Waals surface area contributed by atoms with Crippen LogP contribution in [0.1, 0.15) is 64.0 Å². The van der Waals surface area contributed by atoms with Crippen molar-refractivity contribution in [2.45, 2.75) is 83.8 Å². The largest absolute Gasteiger partial charge is 0.444 e. The summed E-state index contributed by atoms with van der Waals surface area (Å²) in [4.78, 5) is 49.3. The van der Waals surface area contributed by atoms with Gasteiger partial charge in [-0.1, -0.05) is 24.6 Å². The number of hydrogen-bond donors (Lipinski definition) is 1. The van der Waals surface area contributed by atoms with Crippen LogP contribution in [0, 0.1) is 0 Å².